The molecule has 1 unspecified atom stereocenters. The molecule has 9 nitrogen and oxygen atoms in total. The summed E-state index contributed by atoms with van der Waals surface area (Å²) in [5, 5.41) is 14.9. The van der Waals surface area contributed by atoms with Gasteiger partial charge in [0.15, 0.2) is 0 Å². The van der Waals surface area contributed by atoms with Gasteiger partial charge in [-0.2, -0.15) is 0 Å². The lowest BCUT2D eigenvalue weighted by atomic mass is 10.0. The molecule has 0 spiro atoms. The van der Waals surface area contributed by atoms with E-state index in [4.69, 9.17) is 0 Å². The average molecular weight is 389 g/mol. The number of carbonyl (C=O) groups excluding carboxylic acids is 2. The number of anilines is 1. The lowest BCUT2D eigenvalue weighted by molar-refractivity contribution is -0.384. The fraction of sp³-hybridized carbons (Fsp3) is 0.579. The fourth-order valence-electron chi connectivity index (χ4n) is 3.91. The number of rotatable bonds is 4. The van der Waals surface area contributed by atoms with Crippen molar-refractivity contribution in [3.05, 3.63) is 33.9 Å². The van der Waals surface area contributed by atoms with Gasteiger partial charge in [0, 0.05) is 63.9 Å². The Labute approximate surface area is 164 Å². The first-order valence-corrected chi connectivity index (χ1v) is 9.66. The van der Waals surface area contributed by atoms with Gasteiger partial charge in [-0.3, -0.25) is 19.7 Å². The summed E-state index contributed by atoms with van der Waals surface area (Å²) in [6.07, 6.45) is 1.93. The first-order valence-electron chi connectivity index (χ1n) is 9.66. The predicted octanol–water partition coefficient (Wildman–Crippen LogP) is 1.09. The number of nitro benzene ring substituents is 1. The minimum atomic E-state index is -0.434. The van der Waals surface area contributed by atoms with Crippen molar-refractivity contribution in [1.82, 2.24) is 15.1 Å². The van der Waals surface area contributed by atoms with Gasteiger partial charge in [-0.25, -0.2) is 0 Å². The van der Waals surface area contributed by atoms with Gasteiger partial charge in [0.2, 0.25) is 5.91 Å². The van der Waals surface area contributed by atoms with E-state index in [1.54, 1.807) is 21.9 Å². The van der Waals surface area contributed by atoms with Crippen LogP contribution >= 0.6 is 0 Å². The highest BCUT2D eigenvalue weighted by molar-refractivity contribution is 5.96. The number of hydrogen-bond acceptors (Lipinski definition) is 6. The van der Waals surface area contributed by atoms with Crippen LogP contribution in [-0.2, 0) is 4.79 Å². The van der Waals surface area contributed by atoms with Crippen molar-refractivity contribution < 1.29 is 14.5 Å². The number of likely N-dealkylation sites (N-methyl/N-ethyl adjacent to an activating group) is 1. The van der Waals surface area contributed by atoms with Crippen LogP contribution < -0.4 is 10.2 Å². The number of benzene rings is 1. The molecule has 1 atom stereocenters. The second-order valence-electron chi connectivity index (χ2n) is 7.33. The molecule has 2 amide bonds. The Morgan fingerprint density at radius 2 is 1.86 bits per heavy atom. The highest BCUT2D eigenvalue weighted by Crippen LogP contribution is 2.31. The molecule has 1 aromatic carbocycles. The quantitative estimate of drug-likeness (QED) is 0.611. The van der Waals surface area contributed by atoms with Crippen LogP contribution in [0.5, 0.6) is 0 Å². The van der Waals surface area contributed by atoms with Crippen LogP contribution in [0.15, 0.2) is 18.2 Å². The molecule has 0 aliphatic carbocycles. The summed E-state index contributed by atoms with van der Waals surface area (Å²) in [4.78, 5) is 41.0. The van der Waals surface area contributed by atoms with Gasteiger partial charge in [-0.05, 0) is 32.0 Å². The zero-order valence-electron chi connectivity index (χ0n) is 16.4. The van der Waals surface area contributed by atoms with Crippen LogP contribution in [0.4, 0.5) is 11.4 Å². The summed E-state index contributed by atoms with van der Waals surface area (Å²) in [5.41, 5.74) is 0.773. The minimum Gasteiger partial charge on any atom is -0.362 e. The Bertz CT molecular complexity index is 761. The van der Waals surface area contributed by atoms with E-state index in [0.717, 1.165) is 12.8 Å². The van der Waals surface area contributed by atoms with Crippen molar-refractivity contribution in [3.63, 3.8) is 0 Å². The van der Waals surface area contributed by atoms with Gasteiger partial charge >= 0.3 is 0 Å². The van der Waals surface area contributed by atoms with Gasteiger partial charge in [0.25, 0.3) is 11.6 Å². The molecular formula is C19H27N5O4. The maximum absolute atomic E-state index is 12.9. The Morgan fingerprint density at radius 3 is 2.46 bits per heavy atom. The first kappa shape index (κ1) is 20.1. The Morgan fingerprint density at radius 1 is 1.14 bits per heavy atom. The Balaban J connectivity index is 1.79. The van der Waals surface area contributed by atoms with Gasteiger partial charge < -0.3 is 20.0 Å². The molecule has 9 heteroatoms. The monoisotopic (exact) mass is 389 g/mol. The van der Waals surface area contributed by atoms with Crippen LogP contribution in [0.1, 0.15) is 30.1 Å². The van der Waals surface area contributed by atoms with Gasteiger partial charge in [-0.15, -0.1) is 0 Å². The number of likely N-dealkylation sites (tertiary alicyclic amines) is 1. The van der Waals surface area contributed by atoms with E-state index in [-0.39, 0.29) is 23.5 Å². The van der Waals surface area contributed by atoms with E-state index in [1.807, 2.05) is 11.9 Å². The molecular weight excluding hydrogens is 362 g/mol. The van der Waals surface area contributed by atoms with E-state index in [1.165, 1.54) is 13.0 Å². The molecule has 0 saturated carbocycles. The maximum atomic E-state index is 12.9. The van der Waals surface area contributed by atoms with Gasteiger partial charge in [0.05, 0.1) is 4.92 Å². The molecule has 2 aliphatic rings. The molecule has 1 N–H and O–H groups in total. The van der Waals surface area contributed by atoms with Crippen molar-refractivity contribution in [2.45, 2.75) is 25.8 Å². The second-order valence-corrected chi connectivity index (χ2v) is 7.33. The number of nitrogens with one attached hydrogen (secondary N) is 1. The lowest BCUT2D eigenvalue weighted by Gasteiger charge is -2.35. The molecule has 0 bridgehead atoms. The van der Waals surface area contributed by atoms with E-state index in [9.17, 15) is 19.7 Å². The molecule has 0 radical (unpaired) electrons. The van der Waals surface area contributed by atoms with Crippen LogP contribution in [0.3, 0.4) is 0 Å². The van der Waals surface area contributed by atoms with Crippen molar-refractivity contribution in [2.75, 3.05) is 51.2 Å². The molecule has 152 valence electrons. The van der Waals surface area contributed by atoms with Crippen molar-refractivity contribution >= 4 is 23.2 Å². The van der Waals surface area contributed by atoms with E-state index < -0.39 is 4.92 Å². The summed E-state index contributed by atoms with van der Waals surface area (Å²) in [6, 6.07) is 4.97. The molecule has 3 rings (SSSR count). The van der Waals surface area contributed by atoms with Crippen molar-refractivity contribution in [1.29, 1.82) is 0 Å². The van der Waals surface area contributed by atoms with Crippen LogP contribution in [0, 0.1) is 10.1 Å². The average Bonchev–Trinajstić information content (AvgIpc) is 2.72. The highest BCUT2D eigenvalue weighted by atomic mass is 16.6. The summed E-state index contributed by atoms with van der Waals surface area (Å²) in [5.74, 6) is -0.160. The minimum absolute atomic E-state index is 0.0106. The third-order valence-corrected chi connectivity index (χ3v) is 5.60. The standard InChI is InChI=1S/C19H27N5O4/c1-14(25)21-8-10-22(11-9-21)17-6-5-15(12-18(17)24(27)28)19(26)23-7-3-4-16(13-23)20-2/h5-6,12,16,20H,3-4,7-11,13H2,1-2H3. The van der Waals surface area contributed by atoms with Gasteiger partial charge in [-0.1, -0.05) is 0 Å². The zero-order chi connectivity index (χ0) is 20.3. The van der Waals surface area contributed by atoms with E-state index in [0.29, 0.717) is 50.5 Å². The molecule has 2 aliphatic heterocycles. The topological polar surface area (TPSA) is 99.0 Å². The van der Waals surface area contributed by atoms with E-state index in [2.05, 4.69) is 5.32 Å². The molecule has 2 saturated heterocycles. The smallest absolute Gasteiger partial charge is 0.293 e. The SMILES string of the molecule is CNC1CCCN(C(=O)c2ccc(N3CCN(C(C)=O)CC3)c([N+](=O)[O-])c2)C1. The van der Waals surface area contributed by atoms with Crippen molar-refractivity contribution in [3.8, 4) is 0 Å². The Hall–Kier alpha value is -2.68. The fourth-order valence-corrected chi connectivity index (χ4v) is 3.91. The summed E-state index contributed by atoms with van der Waals surface area (Å²) < 4.78 is 0. The second kappa shape index (κ2) is 8.55. The number of piperidine rings is 1. The molecule has 0 aromatic heterocycles. The summed E-state index contributed by atoms with van der Waals surface area (Å²) >= 11 is 0. The summed E-state index contributed by atoms with van der Waals surface area (Å²) in [7, 11) is 1.88. The third-order valence-electron chi connectivity index (χ3n) is 5.60. The normalized spacial score (nSPS) is 20.2. The molecule has 28 heavy (non-hydrogen) atoms. The molecule has 2 fully saturated rings. The number of piperazine rings is 1. The van der Waals surface area contributed by atoms with E-state index >= 15 is 0 Å². The van der Waals surface area contributed by atoms with Crippen LogP contribution in [-0.4, -0.2) is 78.9 Å². The Kier molecular flexibility index (Phi) is 6.13. The maximum Gasteiger partial charge on any atom is 0.293 e. The largest absolute Gasteiger partial charge is 0.362 e. The molecule has 1 aromatic rings. The first-order chi connectivity index (χ1) is 13.4. The summed E-state index contributed by atoms with van der Waals surface area (Å²) in [6.45, 7) is 4.93. The van der Waals surface area contributed by atoms with Gasteiger partial charge in [0.1, 0.15) is 5.69 Å². The number of carbonyl (C=O) groups is 2. The number of amides is 2. The van der Waals surface area contributed by atoms with Crippen LogP contribution in [0.2, 0.25) is 0 Å². The zero-order valence-corrected chi connectivity index (χ0v) is 16.4. The number of nitro groups is 1. The third kappa shape index (κ3) is 4.24. The lowest BCUT2D eigenvalue weighted by Crippen LogP contribution is -2.48. The predicted molar refractivity (Wildman–Crippen MR) is 106 cm³/mol. The van der Waals surface area contributed by atoms with Crippen molar-refractivity contribution in [2.24, 2.45) is 0 Å². The number of hydrogen-bond donors (Lipinski definition) is 1. The van der Waals surface area contributed by atoms with Crippen LogP contribution in [0.25, 0.3) is 0 Å². The molecule has 2 heterocycles. The highest BCUT2D eigenvalue weighted by Gasteiger charge is 2.28. The number of nitrogens with zero attached hydrogens (tertiary/aromatic N) is 4.